The zero-order valence-corrected chi connectivity index (χ0v) is 28.1. The molecular formula is C36H28Cl3NO10. The van der Waals surface area contributed by atoms with Crippen LogP contribution in [0, 0.1) is 5.41 Å². The first-order chi connectivity index (χ1) is 24.0. The highest BCUT2D eigenvalue weighted by Gasteiger charge is 2.55. The van der Waals surface area contributed by atoms with Gasteiger partial charge in [-0.1, -0.05) is 108 Å². The molecule has 1 aliphatic heterocycles. The van der Waals surface area contributed by atoms with E-state index < -0.39 is 70.9 Å². The molecule has 0 spiro atoms. The summed E-state index contributed by atoms with van der Waals surface area (Å²) >= 11 is 17.8. The molecule has 0 bridgehead atoms. The molecular weight excluding hydrogens is 713 g/mol. The van der Waals surface area contributed by atoms with Crippen LogP contribution in [0.25, 0.3) is 0 Å². The second kappa shape index (κ2) is 16.6. The Morgan fingerprint density at radius 2 is 0.900 bits per heavy atom. The summed E-state index contributed by atoms with van der Waals surface area (Å²) < 4.78 is 32.5. The van der Waals surface area contributed by atoms with E-state index in [4.69, 9.17) is 68.6 Å². The number of carbonyl (C=O) groups excluding carboxylic acids is 4. The Labute approximate surface area is 301 Å². The summed E-state index contributed by atoms with van der Waals surface area (Å²) in [7, 11) is 0. The highest BCUT2D eigenvalue weighted by atomic mass is 35.6. The number of benzene rings is 4. The van der Waals surface area contributed by atoms with Gasteiger partial charge in [-0.05, 0) is 48.5 Å². The third kappa shape index (κ3) is 9.39. The molecule has 1 N–H and O–H groups in total. The average molecular weight is 741 g/mol. The van der Waals surface area contributed by atoms with E-state index in [0.717, 1.165) is 0 Å². The Morgan fingerprint density at radius 1 is 0.540 bits per heavy atom. The summed E-state index contributed by atoms with van der Waals surface area (Å²) in [6.07, 6.45) is -8.34. The van der Waals surface area contributed by atoms with Crippen molar-refractivity contribution in [3.05, 3.63) is 144 Å². The van der Waals surface area contributed by atoms with E-state index in [1.54, 1.807) is 72.8 Å². The fourth-order valence-corrected chi connectivity index (χ4v) is 4.94. The third-order valence-corrected chi connectivity index (χ3v) is 7.74. The Hall–Kier alpha value is -4.94. The molecule has 4 aromatic rings. The molecule has 0 aliphatic carbocycles. The highest BCUT2D eigenvalue weighted by molar-refractivity contribution is 6.76. The average Bonchev–Trinajstić information content (AvgIpc) is 3.13. The Bertz CT molecular complexity index is 1790. The van der Waals surface area contributed by atoms with Crippen molar-refractivity contribution in [2.24, 2.45) is 0 Å². The van der Waals surface area contributed by atoms with E-state index in [0.29, 0.717) is 0 Å². The maximum atomic E-state index is 13.6. The first kappa shape index (κ1) is 36.3. The molecule has 50 heavy (non-hydrogen) atoms. The number of halogens is 3. The van der Waals surface area contributed by atoms with Gasteiger partial charge in [0.15, 0.2) is 12.2 Å². The normalized spacial score (nSPS) is 20.1. The van der Waals surface area contributed by atoms with Crippen LogP contribution in [0.4, 0.5) is 0 Å². The van der Waals surface area contributed by atoms with Gasteiger partial charge in [0.2, 0.25) is 18.3 Å². The van der Waals surface area contributed by atoms with E-state index in [9.17, 15) is 19.2 Å². The van der Waals surface area contributed by atoms with Gasteiger partial charge in [-0.2, -0.15) is 0 Å². The van der Waals surface area contributed by atoms with Gasteiger partial charge in [0.05, 0.1) is 22.3 Å². The van der Waals surface area contributed by atoms with E-state index in [1.807, 2.05) is 0 Å². The van der Waals surface area contributed by atoms with Crippen LogP contribution in [-0.4, -0.2) is 70.9 Å². The summed E-state index contributed by atoms with van der Waals surface area (Å²) in [6.45, 7) is -0.597. The summed E-state index contributed by atoms with van der Waals surface area (Å²) in [5, 5.41) is 8.26. The molecule has 11 nitrogen and oxygen atoms in total. The molecule has 5 rings (SSSR count). The molecule has 1 aliphatic rings. The number of ether oxygens (including phenoxy) is 6. The van der Waals surface area contributed by atoms with Crippen LogP contribution in [0.2, 0.25) is 0 Å². The predicted molar refractivity (Wildman–Crippen MR) is 181 cm³/mol. The lowest BCUT2D eigenvalue weighted by molar-refractivity contribution is -0.279. The maximum absolute atomic E-state index is 13.6. The van der Waals surface area contributed by atoms with Crippen LogP contribution in [0.1, 0.15) is 41.4 Å². The van der Waals surface area contributed by atoms with Crippen LogP contribution in [0.5, 0.6) is 0 Å². The van der Waals surface area contributed by atoms with Crippen LogP contribution in [-0.2, 0) is 28.4 Å². The fraction of sp³-hybridized carbons (Fsp3) is 0.194. The van der Waals surface area contributed by atoms with Crippen LogP contribution in [0.15, 0.2) is 121 Å². The molecule has 1 fully saturated rings. The monoisotopic (exact) mass is 739 g/mol. The standard InChI is InChI=1S/C36H28Cl3NO10/c37-36(38,39)35(40)50-34-29(49-33(44)25-19-11-4-12-20-25)28(48-32(43)24-17-9-3-10-18-24)27(47-31(42)23-15-7-2-8-16-23)26(46-34)21-45-30(41)22-13-5-1-6-14-22/h1-20,26-29,34,40H,21H2/t26?,27-,28?,29?,34+/m0/s1. The molecule has 4 aromatic carbocycles. The Balaban J connectivity index is 1.58. The van der Waals surface area contributed by atoms with Gasteiger partial charge >= 0.3 is 23.9 Å². The predicted octanol–water partition coefficient (Wildman–Crippen LogP) is 6.61. The summed E-state index contributed by atoms with van der Waals surface area (Å²) in [6, 6.07) is 31.5. The number of hydrogen-bond donors (Lipinski definition) is 1. The molecule has 1 saturated heterocycles. The molecule has 0 saturated carbocycles. The van der Waals surface area contributed by atoms with Gasteiger partial charge < -0.3 is 28.4 Å². The van der Waals surface area contributed by atoms with Crippen LogP contribution in [0.3, 0.4) is 0 Å². The zero-order valence-electron chi connectivity index (χ0n) is 25.9. The third-order valence-electron chi connectivity index (χ3n) is 7.23. The molecule has 1 heterocycles. The Kier molecular flexibility index (Phi) is 12.1. The van der Waals surface area contributed by atoms with Crippen molar-refractivity contribution >= 4 is 64.6 Å². The lowest BCUT2D eigenvalue weighted by atomic mass is 9.97. The van der Waals surface area contributed by atoms with Crippen LogP contribution >= 0.6 is 34.8 Å². The largest absolute Gasteiger partial charge is 0.459 e. The first-order valence-electron chi connectivity index (χ1n) is 15.0. The van der Waals surface area contributed by atoms with Crippen molar-refractivity contribution in [2.75, 3.05) is 6.61 Å². The minimum atomic E-state index is -2.40. The van der Waals surface area contributed by atoms with E-state index in [2.05, 4.69) is 0 Å². The topological polar surface area (TPSA) is 148 Å². The van der Waals surface area contributed by atoms with Crippen molar-refractivity contribution in [3.8, 4) is 0 Å². The SMILES string of the molecule is N=C(O[C@H]1OC(COC(=O)c2ccccc2)[C@H](OC(=O)c2ccccc2)C(OC(=O)c2ccccc2)C1OC(=O)c1ccccc1)C(Cl)(Cl)Cl. The minimum Gasteiger partial charge on any atom is -0.459 e. The molecule has 0 radical (unpaired) electrons. The smallest absolute Gasteiger partial charge is 0.338 e. The number of esters is 4. The molecule has 5 atom stereocenters. The second-order valence-electron chi connectivity index (χ2n) is 10.7. The van der Waals surface area contributed by atoms with E-state index >= 15 is 0 Å². The zero-order chi connectivity index (χ0) is 35.7. The molecule has 258 valence electrons. The van der Waals surface area contributed by atoms with Crippen molar-refractivity contribution in [2.45, 2.75) is 34.5 Å². The number of rotatable bonds is 10. The second-order valence-corrected chi connectivity index (χ2v) is 12.9. The summed E-state index contributed by atoms with van der Waals surface area (Å²) in [5.74, 6) is -4.41. The van der Waals surface area contributed by atoms with Gasteiger partial charge in [-0.15, -0.1) is 0 Å². The van der Waals surface area contributed by atoms with Gasteiger partial charge in [0, 0.05) is 0 Å². The van der Waals surface area contributed by atoms with E-state index in [-0.39, 0.29) is 22.3 Å². The van der Waals surface area contributed by atoms with Gasteiger partial charge in [-0.3, -0.25) is 5.41 Å². The summed E-state index contributed by atoms with van der Waals surface area (Å²) in [5.41, 5.74) is 0.509. The van der Waals surface area contributed by atoms with Gasteiger partial charge in [-0.25, -0.2) is 19.2 Å². The lowest BCUT2D eigenvalue weighted by Gasteiger charge is -2.44. The van der Waals surface area contributed by atoms with E-state index in [1.165, 1.54) is 48.5 Å². The molecule has 0 amide bonds. The molecule has 0 aromatic heterocycles. The van der Waals surface area contributed by atoms with Crippen molar-refractivity contribution in [1.29, 1.82) is 5.41 Å². The quantitative estimate of drug-likeness (QED) is 0.0620. The van der Waals surface area contributed by atoms with Gasteiger partial charge in [0.25, 0.3) is 3.79 Å². The van der Waals surface area contributed by atoms with Crippen molar-refractivity contribution < 1.29 is 47.6 Å². The number of nitrogens with one attached hydrogen (secondary N) is 1. The molecule has 14 heteroatoms. The first-order valence-corrected chi connectivity index (χ1v) is 16.1. The molecule has 3 unspecified atom stereocenters. The number of carbonyl (C=O) groups is 4. The fourth-order valence-electron chi connectivity index (χ4n) is 4.81. The Morgan fingerprint density at radius 3 is 1.30 bits per heavy atom. The maximum Gasteiger partial charge on any atom is 0.338 e. The summed E-state index contributed by atoms with van der Waals surface area (Å²) in [4.78, 5) is 53.5. The number of hydrogen-bond acceptors (Lipinski definition) is 11. The van der Waals surface area contributed by atoms with Crippen LogP contribution < -0.4 is 0 Å². The van der Waals surface area contributed by atoms with Crippen molar-refractivity contribution in [1.82, 2.24) is 0 Å². The van der Waals surface area contributed by atoms with Gasteiger partial charge in [0.1, 0.15) is 12.7 Å². The minimum absolute atomic E-state index is 0.0904. The number of alkyl halides is 3. The highest BCUT2D eigenvalue weighted by Crippen LogP contribution is 2.35. The lowest BCUT2D eigenvalue weighted by Crippen LogP contribution is -2.63. The van der Waals surface area contributed by atoms with Crippen molar-refractivity contribution in [3.63, 3.8) is 0 Å².